The van der Waals surface area contributed by atoms with Gasteiger partial charge in [0.25, 0.3) is 10.0 Å². The third-order valence-electron chi connectivity index (χ3n) is 5.44. The molecule has 0 radical (unpaired) electrons. The van der Waals surface area contributed by atoms with E-state index in [0.717, 1.165) is 71.5 Å². The molecular weight excluding hydrogens is 468 g/mol. The molecule has 2 amide bonds. The van der Waals surface area contributed by atoms with Crippen LogP contribution in [0.5, 0.6) is 0 Å². The van der Waals surface area contributed by atoms with Crippen molar-refractivity contribution in [2.45, 2.75) is 55.9 Å². The van der Waals surface area contributed by atoms with Crippen molar-refractivity contribution in [1.29, 1.82) is 0 Å². The van der Waals surface area contributed by atoms with Crippen molar-refractivity contribution in [3.05, 3.63) is 44.7 Å². The molecule has 28 heavy (non-hydrogen) atoms. The van der Waals surface area contributed by atoms with Gasteiger partial charge in [-0.25, -0.2) is 9.52 Å². The molecular formula is C19H20BrClN2O4S. The number of urea groups is 1. The van der Waals surface area contributed by atoms with Crippen molar-refractivity contribution in [2.24, 2.45) is 0 Å². The lowest BCUT2D eigenvalue weighted by atomic mass is 9.98. The Morgan fingerprint density at radius 3 is 2.25 bits per heavy atom. The molecule has 150 valence electrons. The molecule has 2 aliphatic carbocycles. The lowest BCUT2D eigenvalue weighted by molar-refractivity contribution is 0.256. The number of rotatable bonds is 4. The fourth-order valence-electron chi connectivity index (χ4n) is 4.11. The summed E-state index contributed by atoms with van der Waals surface area (Å²) < 4.78 is 32.4. The van der Waals surface area contributed by atoms with Crippen LogP contribution >= 0.6 is 27.5 Å². The molecule has 1 aromatic heterocycles. The van der Waals surface area contributed by atoms with Crippen LogP contribution in [0, 0.1) is 6.92 Å². The maximum atomic E-state index is 12.6. The van der Waals surface area contributed by atoms with E-state index in [9.17, 15) is 13.2 Å². The Hall–Kier alpha value is -1.51. The maximum Gasteiger partial charge on any atom is 0.333 e. The number of hydrogen-bond acceptors (Lipinski definition) is 4. The summed E-state index contributed by atoms with van der Waals surface area (Å²) in [6.45, 7) is 1.68. The number of hydrogen-bond donors (Lipinski definition) is 2. The van der Waals surface area contributed by atoms with Gasteiger partial charge < -0.3 is 9.73 Å². The number of fused-ring (bicyclic) bond motifs is 2. The molecule has 2 aromatic rings. The van der Waals surface area contributed by atoms with Gasteiger partial charge in [-0.05, 0) is 67.7 Å². The summed E-state index contributed by atoms with van der Waals surface area (Å²) in [7, 11) is -4.10. The molecule has 0 spiro atoms. The summed E-state index contributed by atoms with van der Waals surface area (Å²) in [6.07, 6.45) is 5.39. The summed E-state index contributed by atoms with van der Waals surface area (Å²) in [5.74, 6) is 0.492. The zero-order chi connectivity index (χ0) is 20.1. The average molecular weight is 488 g/mol. The van der Waals surface area contributed by atoms with Gasteiger partial charge in [0.05, 0.1) is 0 Å². The van der Waals surface area contributed by atoms with Crippen molar-refractivity contribution in [3.63, 3.8) is 0 Å². The van der Waals surface area contributed by atoms with E-state index in [1.165, 1.54) is 6.07 Å². The molecule has 6 nitrogen and oxygen atoms in total. The van der Waals surface area contributed by atoms with Crippen molar-refractivity contribution >= 4 is 49.3 Å². The number of furan rings is 1. The van der Waals surface area contributed by atoms with Crippen LogP contribution in [-0.4, -0.2) is 14.4 Å². The van der Waals surface area contributed by atoms with Crippen LogP contribution in [0.3, 0.4) is 0 Å². The minimum atomic E-state index is -4.10. The van der Waals surface area contributed by atoms with Gasteiger partial charge in [-0.2, -0.15) is 8.42 Å². The number of benzene rings is 1. The van der Waals surface area contributed by atoms with Crippen LogP contribution in [-0.2, 0) is 41.0 Å². The number of carbonyl (C=O) groups is 1. The number of carbonyl (C=O) groups excluding carboxylic acids is 1. The normalized spacial score (nSPS) is 15.4. The van der Waals surface area contributed by atoms with E-state index in [1.807, 2.05) is 0 Å². The number of nitrogens with one attached hydrogen (secondary N) is 2. The predicted octanol–water partition coefficient (Wildman–Crippen LogP) is 4.62. The molecule has 0 saturated heterocycles. The molecule has 0 atom stereocenters. The highest BCUT2D eigenvalue weighted by Gasteiger charge is 2.30. The third-order valence-corrected chi connectivity index (χ3v) is 7.69. The second-order valence-electron chi connectivity index (χ2n) is 7.15. The van der Waals surface area contributed by atoms with Crippen LogP contribution in [0.15, 0.2) is 15.6 Å². The Bertz CT molecular complexity index is 1040. The molecule has 2 N–H and O–H groups in total. The topological polar surface area (TPSA) is 88.4 Å². The van der Waals surface area contributed by atoms with E-state index in [2.05, 4.69) is 26.0 Å². The first kappa shape index (κ1) is 19.8. The summed E-state index contributed by atoms with van der Waals surface area (Å²) in [6, 6.07) is 0.622. The molecule has 0 fully saturated rings. The minimum Gasteiger partial charge on any atom is -0.448 e. The Morgan fingerprint density at radius 2 is 1.71 bits per heavy atom. The van der Waals surface area contributed by atoms with E-state index in [1.54, 1.807) is 6.92 Å². The lowest BCUT2D eigenvalue weighted by Gasteiger charge is -2.18. The highest BCUT2D eigenvalue weighted by atomic mass is 79.9. The second-order valence-corrected chi connectivity index (χ2v) is 9.70. The lowest BCUT2D eigenvalue weighted by Crippen LogP contribution is -2.34. The maximum absolute atomic E-state index is 12.6. The minimum absolute atomic E-state index is 0.277. The fourth-order valence-corrected chi connectivity index (χ4v) is 6.01. The Labute approximate surface area is 177 Å². The number of amides is 2. The summed E-state index contributed by atoms with van der Waals surface area (Å²) in [5.41, 5.74) is 5.69. The standard InChI is InChI=1S/C19H20BrClN2O4S/c1-10-11(9-20)8-16(27-10)28(25,26)23-19(24)22-18-14-6-2-4-12(14)17(21)13-5-3-7-15(13)18/h8H,2-7,9H2,1H3,(H2,22,23,24). The van der Waals surface area contributed by atoms with Gasteiger partial charge in [-0.3, -0.25) is 0 Å². The molecule has 0 saturated carbocycles. The highest BCUT2D eigenvalue weighted by Crippen LogP contribution is 2.44. The Morgan fingerprint density at radius 1 is 1.14 bits per heavy atom. The van der Waals surface area contributed by atoms with Gasteiger partial charge in [0, 0.05) is 27.7 Å². The van der Waals surface area contributed by atoms with Gasteiger partial charge in [0.1, 0.15) is 5.76 Å². The zero-order valence-electron chi connectivity index (χ0n) is 15.3. The molecule has 9 heteroatoms. The predicted molar refractivity (Wildman–Crippen MR) is 111 cm³/mol. The zero-order valence-corrected chi connectivity index (χ0v) is 18.5. The summed E-state index contributed by atoms with van der Waals surface area (Å²) >= 11 is 9.87. The molecule has 0 bridgehead atoms. The first-order valence-electron chi connectivity index (χ1n) is 9.16. The molecule has 4 rings (SSSR count). The largest absolute Gasteiger partial charge is 0.448 e. The first-order chi connectivity index (χ1) is 13.3. The van der Waals surface area contributed by atoms with Gasteiger partial charge in [0.2, 0.25) is 5.09 Å². The highest BCUT2D eigenvalue weighted by molar-refractivity contribution is 9.08. The SMILES string of the molecule is Cc1oc(S(=O)(=O)NC(=O)Nc2c3c(c(Cl)c4c2CCC4)CCC3)cc1CBr. The Kier molecular flexibility index (Phi) is 5.22. The van der Waals surface area contributed by atoms with E-state index >= 15 is 0 Å². The van der Waals surface area contributed by atoms with Crippen LogP contribution < -0.4 is 10.0 Å². The summed E-state index contributed by atoms with van der Waals surface area (Å²) in [4.78, 5) is 12.6. The average Bonchev–Trinajstić information content (AvgIpc) is 3.37. The van der Waals surface area contributed by atoms with Gasteiger partial charge >= 0.3 is 6.03 Å². The van der Waals surface area contributed by atoms with E-state index in [4.69, 9.17) is 16.0 Å². The van der Waals surface area contributed by atoms with Gasteiger partial charge in [-0.1, -0.05) is 27.5 Å². The van der Waals surface area contributed by atoms with Crippen molar-refractivity contribution < 1.29 is 17.6 Å². The second kappa shape index (κ2) is 7.39. The van der Waals surface area contributed by atoms with Crippen LogP contribution in [0.2, 0.25) is 5.02 Å². The fraction of sp³-hybridized carbons (Fsp3) is 0.421. The van der Waals surface area contributed by atoms with E-state index < -0.39 is 16.1 Å². The van der Waals surface area contributed by atoms with E-state index in [0.29, 0.717) is 16.7 Å². The number of alkyl halides is 1. The molecule has 0 aliphatic heterocycles. The smallest absolute Gasteiger partial charge is 0.333 e. The number of aryl methyl sites for hydroxylation is 1. The molecule has 2 aliphatic rings. The quantitative estimate of drug-likeness (QED) is 0.616. The van der Waals surface area contributed by atoms with Crippen molar-refractivity contribution in [2.75, 3.05) is 5.32 Å². The third kappa shape index (κ3) is 3.35. The van der Waals surface area contributed by atoms with Crippen molar-refractivity contribution in [3.8, 4) is 0 Å². The molecule has 1 heterocycles. The van der Waals surface area contributed by atoms with Crippen LogP contribution in [0.4, 0.5) is 10.5 Å². The monoisotopic (exact) mass is 486 g/mol. The van der Waals surface area contributed by atoms with Crippen LogP contribution in [0.25, 0.3) is 0 Å². The number of sulfonamides is 1. The van der Waals surface area contributed by atoms with Crippen molar-refractivity contribution in [1.82, 2.24) is 4.72 Å². The summed E-state index contributed by atoms with van der Waals surface area (Å²) in [5, 5.41) is 3.81. The van der Waals surface area contributed by atoms with Crippen LogP contribution in [0.1, 0.15) is 46.4 Å². The molecule has 0 unspecified atom stereocenters. The first-order valence-corrected chi connectivity index (χ1v) is 12.1. The van der Waals surface area contributed by atoms with E-state index in [-0.39, 0.29) is 5.09 Å². The molecule has 1 aromatic carbocycles. The van der Waals surface area contributed by atoms with Gasteiger partial charge in [0.15, 0.2) is 0 Å². The number of halogens is 2. The number of anilines is 1. The Balaban J connectivity index is 1.61. The van der Waals surface area contributed by atoms with Gasteiger partial charge in [-0.15, -0.1) is 0 Å².